The quantitative estimate of drug-likeness (QED) is 0.738. The van der Waals surface area contributed by atoms with Gasteiger partial charge in [-0.25, -0.2) is 0 Å². The highest BCUT2D eigenvalue weighted by molar-refractivity contribution is 7.99. The molecule has 1 aliphatic rings. The first-order valence-corrected chi connectivity index (χ1v) is 9.90. The van der Waals surface area contributed by atoms with Crippen molar-refractivity contribution in [2.24, 2.45) is 14.1 Å². The van der Waals surface area contributed by atoms with Crippen LogP contribution < -0.4 is 0 Å². The van der Waals surface area contributed by atoms with Crippen molar-refractivity contribution in [1.29, 1.82) is 0 Å². The predicted molar refractivity (Wildman–Crippen MR) is 98.2 cm³/mol. The van der Waals surface area contributed by atoms with Gasteiger partial charge >= 0.3 is 0 Å². The second-order valence-electron chi connectivity index (χ2n) is 6.36. The maximum atomic E-state index is 12.4. The van der Waals surface area contributed by atoms with Crippen LogP contribution in [0.5, 0.6) is 0 Å². The molecule has 0 radical (unpaired) electrons. The molecule has 1 aliphatic heterocycles. The van der Waals surface area contributed by atoms with Crippen LogP contribution in [0.3, 0.4) is 0 Å². The van der Waals surface area contributed by atoms with Gasteiger partial charge in [-0.2, -0.15) is 5.10 Å². The molecule has 25 heavy (non-hydrogen) atoms. The van der Waals surface area contributed by atoms with E-state index in [-0.39, 0.29) is 5.91 Å². The highest BCUT2D eigenvalue weighted by Gasteiger charge is 2.29. The second kappa shape index (κ2) is 7.59. The number of fused-ring (bicyclic) bond motifs is 1. The zero-order valence-corrected chi connectivity index (χ0v) is 16.3. The Labute approximate surface area is 152 Å². The van der Waals surface area contributed by atoms with Crippen LogP contribution in [0.15, 0.2) is 5.16 Å². The number of unbranched alkanes of at least 4 members (excludes halogenated alkanes) is 1. The molecule has 3 rings (SSSR count). The highest BCUT2D eigenvalue weighted by atomic mass is 32.2. The molecule has 0 aromatic carbocycles. The predicted octanol–water partition coefficient (Wildman–Crippen LogP) is 2.40. The van der Waals surface area contributed by atoms with Gasteiger partial charge in [0.25, 0.3) is 0 Å². The molecule has 0 saturated carbocycles. The van der Waals surface area contributed by atoms with Gasteiger partial charge in [-0.15, -0.1) is 10.2 Å². The van der Waals surface area contributed by atoms with Gasteiger partial charge in [0.05, 0.1) is 0 Å². The van der Waals surface area contributed by atoms with Crippen LogP contribution >= 0.6 is 11.8 Å². The standard InChI is InChI=1S/C17H26N6OS/c1-5-7-8-14(24)23-10-9-13-12(11-23)15(20-22(13)4)16-18-19-17(21(16)3)25-6-2/h5-11H2,1-4H3. The van der Waals surface area contributed by atoms with E-state index in [9.17, 15) is 4.79 Å². The molecule has 3 heterocycles. The van der Waals surface area contributed by atoms with Crippen LogP contribution in [0, 0.1) is 0 Å². The first-order chi connectivity index (χ1) is 12.1. The van der Waals surface area contributed by atoms with E-state index in [0.717, 1.165) is 53.8 Å². The Morgan fingerprint density at radius 3 is 2.76 bits per heavy atom. The summed E-state index contributed by atoms with van der Waals surface area (Å²) < 4.78 is 3.93. The smallest absolute Gasteiger partial charge is 0.222 e. The van der Waals surface area contributed by atoms with Gasteiger partial charge in [-0.05, 0) is 12.2 Å². The number of thioether (sulfide) groups is 1. The molecule has 136 valence electrons. The summed E-state index contributed by atoms with van der Waals surface area (Å²) in [4.78, 5) is 14.4. The minimum Gasteiger partial charge on any atom is -0.338 e. The summed E-state index contributed by atoms with van der Waals surface area (Å²) in [6, 6.07) is 0. The van der Waals surface area contributed by atoms with Crippen molar-refractivity contribution in [1.82, 2.24) is 29.4 Å². The van der Waals surface area contributed by atoms with Gasteiger partial charge in [-0.1, -0.05) is 32.0 Å². The lowest BCUT2D eigenvalue weighted by molar-refractivity contribution is -0.132. The monoisotopic (exact) mass is 362 g/mol. The van der Waals surface area contributed by atoms with Crippen LogP contribution in [0.1, 0.15) is 44.4 Å². The second-order valence-corrected chi connectivity index (χ2v) is 7.60. The third-order valence-electron chi connectivity index (χ3n) is 4.66. The number of nitrogens with zero attached hydrogens (tertiary/aromatic N) is 6. The third-order valence-corrected chi connectivity index (χ3v) is 5.56. The summed E-state index contributed by atoms with van der Waals surface area (Å²) in [6.07, 6.45) is 3.45. The van der Waals surface area contributed by atoms with Crippen molar-refractivity contribution >= 4 is 17.7 Å². The van der Waals surface area contributed by atoms with E-state index in [0.29, 0.717) is 13.0 Å². The van der Waals surface area contributed by atoms with Gasteiger partial charge in [0.2, 0.25) is 5.91 Å². The number of aryl methyl sites for hydroxylation is 1. The minimum absolute atomic E-state index is 0.238. The van der Waals surface area contributed by atoms with Crippen molar-refractivity contribution < 1.29 is 4.79 Å². The Morgan fingerprint density at radius 2 is 2.04 bits per heavy atom. The summed E-state index contributed by atoms with van der Waals surface area (Å²) in [6.45, 7) is 5.59. The van der Waals surface area contributed by atoms with E-state index in [1.807, 2.05) is 28.2 Å². The van der Waals surface area contributed by atoms with Gasteiger partial charge in [0.1, 0.15) is 5.69 Å². The van der Waals surface area contributed by atoms with Crippen LogP contribution in [-0.4, -0.2) is 47.6 Å². The molecular weight excluding hydrogens is 336 g/mol. The first-order valence-electron chi connectivity index (χ1n) is 8.91. The summed E-state index contributed by atoms with van der Waals surface area (Å²) >= 11 is 1.67. The maximum Gasteiger partial charge on any atom is 0.222 e. The van der Waals surface area contributed by atoms with E-state index >= 15 is 0 Å². The molecule has 0 bridgehead atoms. The molecule has 7 nitrogen and oxygen atoms in total. The van der Waals surface area contributed by atoms with Crippen LogP contribution in [0.4, 0.5) is 0 Å². The number of amides is 1. The SMILES string of the molecule is CCCCC(=O)N1CCc2c(c(-c3nnc(SCC)n3C)nn2C)C1. The normalized spacial score (nSPS) is 14.0. The Kier molecular flexibility index (Phi) is 5.46. The largest absolute Gasteiger partial charge is 0.338 e. The van der Waals surface area contributed by atoms with Gasteiger partial charge in [0, 0.05) is 51.3 Å². The van der Waals surface area contributed by atoms with Crippen LogP contribution in [-0.2, 0) is 31.9 Å². The van der Waals surface area contributed by atoms with Crippen molar-refractivity contribution in [2.45, 2.75) is 51.2 Å². The average Bonchev–Trinajstić information content (AvgIpc) is 3.13. The molecule has 2 aromatic rings. The van der Waals surface area contributed by atoms with Crippen LogP contribution in [0.2, 0.25) is 0 Å². The molecule has 0 fully saturated rings. The van der Waals surface area contributed by atoms with E-state index in [4.69, 9.17) is 5.10 Å². The van der Waals surface area contributed by atoms with E-state index in [2.05, 4.69) is 24.0 Å². The minimum atomic E-state index is 0.238. The van der Waals surface area contributed by atoms with Gasteiger partial charge in [-0.3, -0.25) is 9.48 Å². The zero-order valence-electron chi connectivity index (χ0n) is 15.4. The lowest BCUT2D eigenvalue weighted by atomic mass is 10.0. The fourth-order valence-electron chi connectivity index (χ4n) is 3.25. The molecule has 0 unspecified atom stereocenters. The summed E-state index contributed by atoms with van der Waals surface area (Å²) in [7, 11) is 3.94. The third kappa shape index (κ3) is 3.44. The van der Waals surface area contributed by atoms with E-state index in [1.54, 1.807) is 11.8 Å². The summed E-state index contributed by atoms with van der Waals surface area (Å²) in [5.74, 6) is 1.96. The number of carbonyl (C=O) groups excluding carboxylic acids is 1. The highest BCUT2D eigenvalue weighted by Crippen LogP contribution is 2.30. The number of hydrogen-bond donors (Lipinski definition) is 0. The Balaban J connectivity index is 1.91. The Hall–Kier alpha value is -1.83. The molecule has 1 amide bonds. The fourth-order valence-corrected chi connectivity index (χ4v) is 3.88. The van der Waals surface area contributed by atoms with Crippen molar-refractivity contribution in [3.8, 4) is 11.5 Å². The zero-order chi connectivity index (χ0) is 18.0. The maximum absolute atomic E-state index is 12.4. The average molecular weight is 363 g/mol. The van der Waals surface area contributed by atoms with Crippen LogP contribution in [0.25, 0.3) is 11.5 Å². The summed E-state index contributed by atoms with van der Waals surface area (Å²) in [5, 5.41) is 14.2. The van der Waals surface area contributed by atoms with Gasteiger partial charge in [0.15, 0.2) is 11.0 Å². The molecule has 0 atom stereocenters. The number of aromatic nitrogens is 5. The molecule has 0 spiro atoms. The van der Waals surface area contributed by atoms with E-state index in [1.165, 1.54) is 5.69 Å². The number of carbonyl (C=O) groups is 1. The molecule has 0 N–H and O–H groups in total. The van der Waals surface area contributed by atoms with Gasteiger partial charge < -0.3 is 9.47 Å². The lowest BCUT2D eigenvalue weighted by Crippen LogP contribution is -2.36. The molecule has 8 heteroatoms. The topological polar surface area (TPSA) is 68.8 Å². The number of rotatable bonds is 6. The fraction of sp³-hybridized carbons (Fsp3) is 0.647. The van der Waals surface area contributed by atoms with Crippen molar-refractivity contribution in [3.63, 3.8) is 0 Å². The summed E-state index contributed by atoms with van der Waals surface area (Å²) in [5.41, 5.74) is 3.16. The van der Waals surface area contributed by atoms with E-state index < -0.39 is 0 Å². The number of hydrogen-bond acceptors (Lipinski definition) is 5. The molecular formula is C17H26N6OS. The lowest BCUT2D eigenvalue weighted by Gasteiger charge is -2.27. The molecule has 0 aliphatic carbocycles. The Bertz CT molecular complexity index is 766. The first kappa shape index (κ1) is 18.0. The van der Waals surface area contributed by atoms with Crippen molar-refractivity contribution in [3.05, 3.63) is 11.3 Å². The Morgan fingerprint density at radius 1 is 1.24 bits per heavy atom. The van der Waals surface area contributed by atoms with Crippen molar-refractivity contribution in [2.75, 3.05) is 12.3 Å². The molecule has 2 aromatic heterocycles. The molecule has 0 saturated heterocycles.